The fourth-order valence-corrected chi connectivity index (χ4v) is 4.46. The number of carboxylic acids is 1. The Morgan fingerprint density at radius 2 is 1.74 bits per heavy atom. The number of benzene rings is 2. The Labute approximate surface area is 223 Å². The molecular weight excluding hydrogens is 484 g/mol. The van der Waals surface area contributed by atoms with E-state index in [1.807, 2.05) is 65.6 Å². The van der Waals surface area contributed by atoms with Gasteiger partial charge in [0.05, 0.1) is 26.1 Å². The zero-order valence-corrected chi connectivity index (χ0v) is 21.7. The Balaban J connectivity index is 1.43. The number of unbranched alkanes of at least 4 members (excludes halogenated alkanes) is 2. The first-order chi connectivity index (χ1) is 18.6. The smallest absolute Gasteiger partial charge is 0.303 e. The first-order valence-corrected chi connectivity index (χ1v) is 13.3. The van der Waals surface area contributed by atoms with Gasteiger partial charge in [-0.25, -0.2) is 0 Å². The standard InChI is InChI=1S/C30H36N2O6/c33-29(34)10-2-1-5-19-37-28-8-4-3-7-26(28)23-32(16-15-31-17-21-36-22-18-31)30(35)25-13-11-24(12-14-25)27-9-6-20-38-27/h3-4,6-9,11-14,20H,1-2,5,10,15-19,21-23H2,(H,33,34). The molecular formula is C30H36N2O6. The lowest BCUT2D eigenvalue weighted by atomic mass is 10.1. The summed E-state index contributed by atoms with van der Waals surface area (Å²) in [6.45, 7) is 5.44. The van der Waals surface area contributed by atoms with Gasteiger partial charge in [-0.05, 0) is 49.6 Å². The third kappa shape index (κ3) is 8.19. The molecule has 0 aliphatic carbocycles. The zero-order valence-electron chi connectivity index (χ0n) is 21.7. The summed E-state index contributed by atoms with van der Waals surface area (Å²) in [5.74, 6) is 0.715. The summed E-state index contributed by atoms with van der Waals surface area (Å²) in [4.78, 5) is 28.6. The molecule has 8 nitrogen and oxygen atoms in total. The SMILES string of the molecule is O=C(O)CCCCCOc1ccccc1CN(CCN1CCOCC1)C(=O)c1ccc(-c2ccco2)cc1. The number of carboxylic acid groups (broad SMARTS) is 1. The van der Waals surface area contributed by atoms with Gasteiger partial charge in [-0.3, -0.25) is 14.5 Å². The van der Waals surface area contributed by atoms with Crippen LogP contribution >= 0.6 is 0 Å². The molecule has 2 aromatic carbocycles. The van der Waals surface area contributed by atoms with Crippen molar-refractivity contribution in [3.05, 3.63) is 78.1 Å². The lowest BCUT2D eigenvalue weighted by Crippen LogP contribution is -2.43. The molecule has 0 saturated carbocycles. The number of carbonyl (C=O) groups excluding carboxylic acids is 1. The number of nitrogens with zero attached hydrogens (tertiary/aromatic N) is 2. The molecule has 2 heterocycles. The van der Waals surface area contributed by atoms with E-state index in [9.17, 15) is 9.59 Å². The highest BCUT2D eigenvalue weighted by molar-refractivity contribution is 5.94. The van der Waals surface area contributed by atoms with E-state index in [4.69, 9.17) is 19.0 Å². The third-order valence-electron chi connectivity index (χ3n) is 6.64. The van der Waals surface area contributed by atoms with Gasteiger partial charge in [0.15, 0.2) is 0 Å². The molecule has 1 aliphatic rings. The van der Waals surface area contributed by atoms with Crippen LogP contribution in [0.15, 0.2) is 71.3 Å². The van der Waals surface area contributed by atoms with Crippen molar-refractivity contribution in [3.8, 4) is 17.1 Å². The summed E-state index contributed by atoms with van der Waals surface area (Å²) in [7, 11) is 0. The van der Waals surface area contributed by atoms with E-state index in [-0.39, 0.29) is 12.3 Å². The van der Waals surface area contributed by atoms with E-state index >= 15 is 0 Å². The van der Waals surface area contributed by atoms with Gasteiger partial charge in [-0.15, -0.1) is 0 Å². The van der Waals surface area contributed by atoms with Crippen molar-refractivity contribution < 1.29 is 28.6 Å². The van der Waals surface area contributed by atoms with Crippen molar-refractivity contribution in [2.24, 2.45) is 0 Å². The van der Waals surface area contributed by atoms with Crippen molar-refractivity contribution in [2.75, 3.05) is 46.0 Å². The van der Waals surface area contributed by atoms with Crippen LogP contribution in [0.2, 0.25) is 0 Å². The highest BCUT2D eigenvalue weighted by Gasteiger charge is 2.20. The Morgan fingerprint density at radius 1 is 0.947 bits per heavy atom. The topological polar surface area (TPSA) is 92.5 Å². The number of hydrogen-bond donors (Lipinski definition) is 1. The normalized spacial score (nSPS) is 13.8. The molecule has 1 aromatic heterocycles. The van der Waals surface area contributed by atoms with E-state index in [2.05, 4.69) is 4.90 Å². The van der Waals surface area contributed by atoms with Gasteiger partial charge >= 0.3 is 5.97 Å². The predicted octanol–water partition coefficient (Wildman–Crippen LogP) is 4.95. The largest absolute Gasteiger partial charge is 0.493 e. The Bertz CT molecular complexity index is 1140. The minimum absolute atomic E-state index is 0.0345. The second-order valence-electron chi connectivity index (χ2n) is 9.40. The van der Waals surface area contributed by atoms with E-state index < -0.39 is 5.97 Å². The molecule has 1 saturated heterocycles. The van der Waals surface area contributed by atoms with Crippen LogP contribution in [0.4, 0.5) is 0 Å². The molecule has 0 radical (unpaired) electrons. The van der Waals surface area contributed by atoms with Gasteiger partial charge in [0.2, 0.25) is 0 Å². The summed E-state index contributed by atoms with van der Waals surface area (Å²) in [6, 6.07) is 19.1. The monoisotopic (exact) mass is 520 g/mol. The van der Waals surface area contributed by atoms with Gasteiger partial charge < -0.3 is 23.9 Å². The van der Waals surface area contributed by atoms with Gasteiger partial charge in [-0.2, -0.15) is 0 Å². The van der Waals surface area contributed by atoms with Crippen LogP contribution in [0, 0.1) is 0 Å². The van der Waals surface area contributed by atoms with Crippen LogP contribution in [0.3, 0.4) is 0 Å². The molecule has 1 aliphatic heterocycles. The van der Waals surface area contributed by atoms with Gasteiger partial charge in [0.1, 0.15) is 11.5 Å². The third-order valence-corrected chi connectivity index (χ3v) is 6.64. The highest BCUT2D eigenvalue weighted by atomic mass is 16.5. The van der Waals surface area contributed by atoms with Crippen molar-refractivity contribution in [1.29, 1.82) is 0 Å². The second kappa shape index (κ2) is 14.4. The molecule has 3 aromatic rings. The average molecular weight is 521 g/mol. The summed E-state index contributed by atoms with van der Waals surface area (Å²) < 4.78 is 17.0. The molecule has 202 valence electrons. The molecule has 0 bridgehead atoms. The zero-order chi connectivity index (χ0) is 26.6. The Kier molecular flexibility index (Phi) is 10.4. The second-order valence-corrected chi connectivity index (χ2v) is 9.40. The van der Waals surface area contributed by atoms with E-state index in [0.29, 0.717) is 44.9 Å². The number of morpholine rings is 1. The summed E-state index contributed by atoms with van der Waals surface area (Å²) in [5.41, 5.74) is 2.49. The lowest BCUT2D eigenvalue weighted by molar-refractivity contribution is -0.137. The molecule has 1 N–H and O–H groups in total. The van der Waals surface area contributed by atoms with E-state index in [0.717, 1.165) is 55.1 Å². The van der Waals surface area contributed by atoms with Crippen LogP contribution in [0.1, 0.15) is 41.6 Å². The van der Waals surface area contributed by atoms with Crippen molar-refractivity contribution in [3.63, 3.8) is 0 Å². The number of para-hydroxylation sites is 1. The van der Waals surface area contributed by atoms with Crippen LogP contribution in [-0.4, -0.2) is 72.8 Å². The Morgan fingerprint density at radius 3 is 2.47 bits per heavy atom. The first kappa shape index (κ1) is 27.4. The van der Waals surface area contributed by atoms with Crippen molar-refractivity contribution in [2.45, 2.75) is 32.2 Å². The van der Waals surface area contributed by atoms with E-state index in [1.165, 1.54) is 0 Å². The maximum absolute atomic E-state index is 13.7. The molecule has 1 fully saturated rings. The predicted molar refractivity (Wildman–Crippen MR) is 144 cm³/mol. The minimum Gasteiger partial charge on any atom is -0.493 e. The number of ether oxygens (including phenoxy) is 2. The Hall–Kier alpha value is -3.62. The number of amides is 1. The maximum atomic E-state index is 13.7. The summed E-state index contributed by atoms with van der Waals surface area (Å²) in [6.07, 6.45) is 4.04. The summed E-state index contributed by atoms with van der Waals surface area (Å²) >= 11 is 0. The molecule has 0 atom stereocenters. The van der Waals surface area contributed by atoms with Crippen molar-refractivity contribution >= 4 is 11.9 Å². The molecule has 1 amide bonds. The highest BCUT2D eigenvalue weighted by Crippen LogP contribution is 2.24. The molecule has 0 unspecified atom stereocenters. The minimum atomic E-state index is -0.770. The number of aliphatic carboxylic acids is 1. The molecule has 8 heteroatoms. The number of furan rings is 1. The maximum Gasteiger partial charge on any atom is 0.303 e. The molecule has 4 rings (SSSR count). The van der Waals surface area contributed by atoms with E-state index in [1.54, 1.807) is 6.26 Å². The number of carbonyl (C=O) groups is 2. The molecule has 38 heavy (non-hydrogen) atoms. The summed E-state index contributed by atoms with van der Waals surface area (Å²) in [5, 5.41) is 8.80. The average Bonchev–Trinajstić information content (AvgIpc) is 3.49. The quantitative estimate of drug-likeness (QED) is 0.301. The van der Waals surface area contributed by atoms with Gasteiger partial charge in [-0.1, -0.05) is 30.3 Å². The van der Waals surface area contributed by atoms with Gasteiger partial charge in [0.25, 0.3) is 5.91 Å². The fourth-order valence-electron chi connectivity index (χ4n) is 4.46. The molecule has 0 spiro atoms. The van der Waals surface area contributed by atoms with Crippen LogP contribution in [0.25, 0.3) is 11.3 Å². The first-order valence-electron chi connectivity index (χ1n) is 13.3. The van der Waals surface area contributed by atoms with Crippen LogP contribution in [0.5, 0.6) is 5.75 Å². The number of rotatable bonds is 14. The number of hydrogen-bond acceptors (Lipinski definition) is 6. The fraction of sp³-hybridized carbons (Fsp3) is 0.400. The van der Waals surface area contributed by atoms with Crippen LogP contribution in [-0.2, 0) is 16.1 Å². The van der Waals surface area contributed by atoms with Gasteiger partial charge in [0, 0.05) is 55.8 Å². The van der Waals surface area contributed by atoms with Crippen LogP contribution < -0.4 is 4.74 Å². The lowest BCUT2D eigenvalue weighted by Gasteiger charge is -2.30. The van der Waals surface area contributed by atoms with Crippen molar-refractivity contribution in [1.82, 2.24) is 9.80 Å².